The van der Waals surface area contributed by atoms with Crippen molar-refractivity contribution >= 4 is 23.6 Å². The van der Waals surface area contributed by atoms with Gasteiger partial charge in [0.05, 0.1) is 0 Å². The van der Waals surface area contributed by atoms with Gasteiger partial charge in [0, 0.05) is 0 Å². The Morgan fingerprint density at radius 1 is 0.613 bits per heavy atom. The van der Waals surface area contributed by atoms with Crippen LogP contribution in [0.15, 0.2) is 0 Å². The van der Waals surface area contributed by atoms with Gasteiger partial charge in [0.2, 0.25) is 23.6 Å². The molecule has 0 saturated carbocycles. The van der Waals surface area contributed by atoms with Gasteiger partial charge in [-0.1, -0.05) is 61.8 Å². The quantitative estimate of drug-likeness (QED) is 0.484. The molecule has 178 valence electrons. The second-order valence-corrected chi connectivity index (χ2v) is 9.98. The maximum Gasteiger partial charge on any atom is 0.243 e. The van der Waals surface area contributed by atoms with Crippen LogP contribution in [0.25, 0.3) is 0 Å². The van der Waals surface area contributed by atoms with Crippen molar-refractivity contribution in [2.45, 2.75) is 98.8 Å². The molecule has 0 bridgehead atoms. The fourth-order valence-corrected chi connectivity index (χ4v) is 3.67. The van der Waals surface area contributed by atoms with Crippen LogP contribution in [0.3, 0.4) is 0 Å². The van der Waals surface area contributed by atoms with E-state index in [0.29, 0.717) is 19.3 Å². The highest BCUT2D eigenvalue weighted by atomic mass is 16.2. The third-order valence-electron chi connectivity index (χ3n) is 5.72. The summed E-state index contributed by atoms with van der Waals surface area (Å²) < 4.78 is 0. The van der Waals surface area contributed by atoms with Crippen molar-refractivity contribution in [3.8, 4) is 0 Å². The summed E-state index contributed by atoms with van der Waals surface area (Å²) in [5, 5.41) is 11.3. The van der Waals surface area contributed by atoms with Crippen LogP contribution in [0.2, 0.25) is 0 Å². The summed E-state index contributed by atoms with van der Waals surface area (Å²) in [5.41, 5.74) is 0. The lowest BCUT2D eigenvalue weighted by Crippen LogP contribution is -2.63. The summed E-state index contributed by atoms with van der Waals surface area (Å²) in [5.74, 6) is -1.53. The van der Waals surface area contributed by atoms with E-state index in [1.807, 2.05) is 55.4 Å². The van der Waals surface area contributed by atoms with E-state index >= 15 is 0 Å². The van der Waals surface area contributed by atoms with Gasteiger partial charge in [-0.25, -0.2) is 0 Å². The number of hydrogen-bond donors (Lipinski definition) is 4. The van der Waals surface area contributed by atoms with Crippen LogP contribution >= 0.6 is 0 Å². The molecule has 0 unspecified atom stereocenters. The van der Waals surface area contributed by atoms with E-state index in [4.69, 9.17) is 0 Å². The third kappa shape index (κ3) is 8.15. The lowest BCUT2D eigenvalue weighted by molar-refractivity contribution is -0.138. The molecule has 4 amide bonds. The molecule has 0 aromatic carbocycles. The Kier molecular flexibility index (Phi) is 10.5. The smallest absolute Gasteiger partial charge is 0.243 e. The van der Waals surface area contributed by atoms with E-state index in [9.17, 15) is 19.2 Å². The third-order valence-corrected chi connectivity index (χ3v) is 5.72. The van der Waals surface area contributed by atoms with Gasteiger partial charge < -0.3 is 21.3 Å². The van der Waals surface area contributed by atoms with Crippen molar-refractivity contribution in [3.63, 3.8) is 0 Å². The molecule has 1 heterocycles. The Labute approximate surface area is 187 Å². The molecular formula is C23H42N4O4. The Morgan fingerprint density at radius 3 is 1.35 bits per heavy atom. The van der Waals surface area contributed by atoms with Gasteiger partial charge in [0.25, 0.3) is 0 Å². The molecule has 8 nitrogen and oxygen atoms in total. The van der Waals surface area contributed by atoms with Crippen LogP contribution in [-0.4, -0.2) is 47.8 Å². The van der Waals surface area contributed by atoms with E-state index in [-0.39, 0.29) is 47.3 Å². The van der Waals surface area contributed by atoms with Crippen LogP contribution in [0.5, 0.6) is 0 Å². The topological polar surface area (TPSA) is 116 Å². The molecule has 0 aromatic rings. The van der Waals surface area contributed by atoms with Crippen molar-refractivity contribution in [3.05, 3.63) is 0 Å². The fourth-order valence-electron chi connectivity index (χ4n) is 3.67. The molecule has 8 heteroatoms. The molecule has 0 aromatic heterocycles. The van der Waals surface area contributed by atoms with Gasteiger partial charge in [0.15, 0.2) is 0 Å². The SMILES string of the molecule is CC[C@H](C)[C@@H]1NC(=O)[C@H](CC(C)C)NC(=O)[C@H](C(C)C)NC(=O)[C@H](CC(C)C)NC1=O. The standard InChI is InChI=1S/C23H42N4O4/c1-9-15(8)19-23(31)25-16(10-12(2)3)20(28)26-18(14(6)7)22(30)24-17(11-13(4)5)21(29)27-19/h12-19H,9-11H2,1-8H3,(H,24,30)(H,25,31)(H,26,28)(H,27,29)/t15-,16-,17-,18-,19-/m0/s1. The van der Waals surface area contributed by atoms with Crippen molar-refractivity contribution in [1.82, 2.24) is 21.3 Å². The first-order chi connectivity index (χ1) is 14.4. The zero-order valence-electron chi connectivity index (χ0n) is 20.4. The monoisotopic (exact) mass is 438 g/mol. The number of nitrogens with one attached hydrogen (secondary N) is 4. The van der Waals surface area contributed by atoms with Gasteiger partial charge in [-0.3, -0.25) is 19.2 Å². The number of carbonyl (C=O) groups is 4. The first kappa shape index (κ1) is 26.9. The van der Waals surface area contributed by atoms with Crippen LogP contribution in [-0.2, 0) is 19.2 Å². The first-order valence-electron chi connectivity index (χ1n) is 11.6. The second kappa shape index (κ2) is 12.1. The van der Waals surface area contributed by atoms with Crippen LogP contribution in [0.1, 0.15) is 74.7 Å². The highest BCUT2D eigenvalue weighted by Crippen LogP contribution is 2.14. The minimum Gasteiger partial charge on any atom is -0.343 e. The van der Waals surface area contributed by atoms with Gasteiger partial charge in [0.1, 0.15) is 24.2 Å². The summed E-state index contributed by atoms with van der Waals surface area (Å²) in [4.78, 5) is 52.3. The summed E-state index contributed by atoms with van der Waals surface area (Å²) in [6.07, 6.45) is 1.54. The highest BCUT2D eigenvalue weighted by Gasteiger charge is 2.36. The Hall–Kier alpha value is -2.12. The predicted octanol–water partition coefficient (Wildman–Crippen LogP) is 1.73. The molecule has 4 N–H and O–H groups in total. The number of carbonyl (C=O) groups excluding carboxylic acids is 4. The van der Waals surface area contributed by atoms with Crippen molar-refractivity contribution in [2.75, 3.05) is 0 Å². The molecule has 1 saturated heterocycles. The van der Waals surface area contributed by atoms with Crippen LogP contribution < -0.4 is 21.3 Å². The van der Waals surface area contributed by atoms with E-state index in [1.165, 1.54) is 0 Å². The van der Waals surface area contributed by atoms with Crippen molar-refractivity contribution < 1.29 is 19.2 Å². The summed E-state index contributed by atoms with van der Waals surface area (Å²) >= 11 is 0. The summed E-state index contributed by atoms with van der Waals surface area (Å²) in [7, 11) is 0. The minimum atomic E-state index is -0.800. The zero-order valence-corrected chi connectivity index (χ0v) is 20.4. The maximum absolute atomic E-state index is 13.1. The molecular weight excluding hydrogens is 396 g/mol. The number of amides is 4. The summed E-state index contributed by atoms with van der Waals surface area (Å²) in [6, 6.07) is -3.15. The lowest BCUT2D eigenvalue weighted by atomic mass is 9.94. The van der Waals surface area contributed by atoms with Crippen molar-refractivity contribution in [1.29, 1.82) is 0 Å². The first-order valence-corrected chi connectivity index (χ1v) is 11.6. The van der Waals surface area contributed by atoms with Gasteiger partial charge in [-0.2, -0.15) is 0 Å². The largest absolute Gasteiger partial charge is 0.343 e. The van der Waals surface area contributed by atoms with Gasteiger partial charge in [-0.15, -0.1) is 0 Å². The average molecular weight is 439 g/mol. The molecule has 0 spiro atoms. The van der Waals surface area contributed by atoms with E-state index < -0.39 is 24.2 Å². The highest BCUT2D eigenvalue weighted by molar-refractivity contribution is 5.97. The lowest BCUT2D eigenvalue weighted by Gasteiger charge is -2.32. The molecule has 1 aliphatic heterocycles. The predicted molar refractivity (Wildman–Crippen MR) is 121 cm³/mol. The molecule has 31 heavy (non-hydrogen) atoms. The van der Waals surface area contributed by atoms with E-state index in [2.05, 4.69) is 21.3 Å². The van der Waals surface area contributed by atoms with Crippen LogP contribution in [0, 0.1) is 23.7 Å². The number of hydrogen-bond acceptors (Lipinski definition) is 4. The van der Waals surface area contributed by atoms with E-state index in [0.717, 1.165) is 0 Å². The van der Waals surface area contributed by atoms with Gasteiger partial charge in [-0.05, 0) is 36.5 Å². The Morgan fingerprint density at radius 2 is 1.00 bits per heavy atom. The molecule has 1 fully saturated rings. The maximum atomic E-state index is 13.1. The molecule has 0 aliphatic carbocycles. The molecule has 1 aliphatic rings. The average Bonchev–Trinajstić information content (AvgIpc) is 2.66. The zero-order chi connectivity index (χ0) is 23.9. The molecule has 0 radical (unpaired) electrons. The normalized spacial score (nSPS) is 27.2. The molecule has 1 rings (SSSR count). The molecule has 5 atom stereocenters. The second-order valence-electron chi connectivity index (χ2n) is 9.98. The minimum absolute atomic E-state index is 0.131. The fraction of sp³-hybridized carbons (Fsp3) is 0.826. The number of rotatable bonds is 7. The van der Waals surface area contributed by atoms with Gasteiger partial charge >= 0.3 is 0 Å². The van der Waals surface area contributed by atoms with Crippen LogP contribution in [0.4, 0.5) is 0 Å². The Bertz CT molecular complexity index is 639. The van der Waals surface area contributed by atoms with E-state index in [1.54, 1.807) is 0 Å². The Balaban J connectivity index is 3.38. The summed E-state index contributed by atoms with van der Waals surface area (Å²) in [6.45, 7) is 15.4. The van der Waals surface area contributed by atoms with Crippen molar-refractivity contribution in [2.24, 2.45) is 23.7 Å².